The highest BCUT2D eigenvalue weighted by Gasteiger charge is 2.34. The van der Waals surface area contributed by atoms with Gasteiger partial charge in [-0.25, -0.2) is 0 Å². The van der Waals surface area contributed by atoms with Gasteiger partial charge in [-0.2, -0.15) is 0 Å². The van der Waals surface area contributed by atoms with Crippen LogP contribution in [-0.4, -0.2) is 3.92 Å². The summed E-state index contributed by atoms with van der Waals surface area (Å²) in [5.74, 6) is 0. The smallest absolute Gasteiger partial charge is 0.0951 e. The van der Waals surface area contributed by atoms with Gasteiger partial charge in [0.25, 0.3) is 0 Å². The van der Waals surface area contributed by atoms with Crippen LogP contribution in [0.15, 0.2) is 60.7 Å². The van der Waals surface area contributed by atoms with Gasteiger partial charge in [0.15, 0.2) is 0 Å². The summed E-state index contributed by atoms with van der Waals surface area (Å²) in [5, 5.41) is 0. The molecule has 1 saturated heterocycles. The van der Waals surface area contributed by atoms with Gasteiger partial charge < -0.3 is 4.74 Å². The molecule has 92 valence electrons. The second-order valence-electron chi connectivity index (χ2n) is 4.62. The van der Waals surface area contributed by atoms with Gasteiger partial charge in [0.1, 0.15) is 0 Å². The van der Waals surface area contributed by atoms with Crippen LogP contribution in [0.25, 0.3) is 0 Å². The van der Waals surface area contributed by atoms with Crippen LogP contribution in [0.3, 0.4) is 0 Å². The molecule has 0 spiro atoms. The van der Waals surface area contributed by atoms with Gasteiger partial charge in [0.05, 0.1) is 12.2 Å². The molecule has 1 nitrogen and oxygen atoms in total. The highest BCUT2D eigenvalue weighted by Crippen LogP contribution is 2.44. The van der Waals surface area contributed by atoms with Gasteiger partial charge in [-0.15, -0.1) is 0 Å². The fourth-order valence-corrected chi connectivity index (χ4v) is 3.50. The number of rotatable bonds is 2. The summed E-state index contributed by atoms with van der Waals surface area (Å²) in [4.78, 5) is 0. The van der Waals surface area contributed by atoms with Crippen molar-refractivity contribution in [1.29, 1.82) is 0 Å². The molecule has 0 N–H and O–H groups in total. The van der Waals surface area contributed by atoms with Crippen LogP contribution in [0.4, 0.5) is 0 Å². The van der Waals surface area contributed by atoms with E-state index in [1.807, 2.05) is 0 Å². The molecule has 1 heterocycles. The first-order valence-corrected chi connectivity index (χ1v) is 7.48. The lowest BCUT2D eigenvalue weighted by Gasteiger charge is -2.15. The Labute approximate surface area is 121 Å². The Bertz CT molecular complexity index is 497. The Hall–Kier alpha value is -0.870. The van der Waals surface area contributed by atoms with Crippen LogP contribution in [0.1, 0.15) is 29.8 Å². The average molecular weight is 350 g/mol. The Balaban J connectivity index is 1.81. The largest absolute Gasteiger partial charge is 0.364 e. The van der Waals surface area contributed by atoms with Crippen molar-refractivity contribution in [2.24, 2.45) is 0 Å². The molecular formula is C16H15IO. The van der Waals surface area contributed by atoms with Crippen LogP contribution in [0, 0.1) is 0 Å². The number of ether oxygens (including phenoxy) is 1. The standard InChI is InChI=1S/C16H15IO/c17-14-11-15(12-7-3-1-4-8-12)18-16(14)13-9-5-2-6-10-13/h1-10,14-16H,11H2/t14-,15-,16+/m0/s1. The lowest BCUT2D eigenvalue weighted by atomic mass is 10.0. The van der Waals surface area contributed by atoms with E-state index < -0.39 is 0 Å². The van der Waals surface area contributed by atoms with Crippen molar-refractivity contribution < 1.29 is 4.74 Å². The maximum Gasteiger partial charge on any atom is 0.0951 e. The van der Waals surface area contributed by atoms with Crippen molar-refractivity contribution in [3.05, 3.63) is 71.8 Å². The zero-order chi connectivity index (χ0) is 12.4. The Morgan fingerprint density at radius 1 is 0.833 bits per heavy atom. The molecule has 0 bridgehead atoms. The van der Waals surface area contributed by atoms with E-state index in [1.165, 1.54) is 11.1 Å². The van der Waals surface area contributed by atoms with Crippen LogP contribution in [-0.2, 0) is 4.74 Å². The number of halogens is 1. The first-order chi connectivity index (χ1) is 8.84. The third kappa shape index (κ3) is 2.45. The average Bonchev–Trinajstić information content (AvgIpc) is 2.83. The maximum atomic E-state index is 6.24. The van der Waals surface area contributed by atoms with E-state index in [1.54, 1.807) is 0 Å². The van der Waals surface area contributed by atoms with Crippen molar-refractivity contribution >= 4 is 22.6 Å². The van der Waals surface area contributed by atoms with Crippen LogP contribution in [0.5, 0.6) is 0 Å². The summed E-state index contributed by atoms with van der Waals surface area (Å²) in [6, 6.07) is 21.0. The van der Waals surface area contributed by atoms with Crippen molar-refractivity contribution in [3.8, 4) is 0 Å². The van der Waals surface area contributed by atoms with Crippen molar-refractivity contribution in [1.82, 2.24) is 0 Å². The SMILES string of the molecule is I[C@H]1C[C@@H](c2ccccc2)O[C@@H]1c1ccccc1. The molecule has 0 saturated carbocycles. The van der Waals surface area contributed by atoms with Crippen LogP contribution >= 0.6 is 22.6 Å². The van der Waals surface area contributed by atoms with E-state index in [2.05, 4.69) is 83.3 Å². The zero-order valence-corrected chi connectivity index (χ0v) is 12.2. The first kappa shape index (κ1) is 12.2. The minimum atomic E-state index is 0.219. The normalized spacial score (nSPS) is 27.3. The molecule has 0 amide bonds. The second-order valence-corrected chi connectivity index (χ2v) is 6.22. The number of hydrogen-bond donors (Lipinski definition) is 0. The second kappa shape index (κ2) is 5.41. The van der Waals surface area contributed by atoms with Gasteiger partial charge >= 0.3 is 0 Å². The van der Waals surface area contributed by atoms with Crippen LogP contribution in [0.2, 0.25) is 0 Å². The van der Waals surface area contributed by atoms with Crippen LogP contribution < -0.4 is 0 Å². The van der Waals surface area contributed by atoms with E-state index in [0.29, 0.717) is 3.92 Å². The quantitative estimate of drug-likeness (QED) is 0.564. The monoisotopic (exact) mass is 350 g/mol. The molecule has 18 heavy (non-hydrogen) atoms. The Morgan fingerprint density at radius 2 is 1.39 bits per heavy atom. The van der Waals surface area contributed by atoms with Gasteiger partial charge in [0.2, 0.25) is 0 Å². The third-order valence-corrected chi connectivity index (χ3v) is 4.54. The molecule has 2 aromatic rings. The number of alkyl halides is 1. The summed E-state index contributed by atoms with van der Waals surface area (Å²) in [7, 11) is 0. The number of hydrogen-bond acceptors (Lipinski definition) is 1. The molecule has 0 unspecified atom stereocenters. The first-order valence-electron chi connectivity index (χ1n) is 6.24. The summed E-state index contributed by atoms with van der Waals surface area (Å²) in [6.07, 6.45) is 1.54. The summed E-state index contributed by atoms with van der Waals surface area (Å²) in [5.41, 5.74) is 2.58. The summed E-state index contributed by atoms with van der Waals surface area (Å²) >= 11 is 2.51. The zero-order valence-electron chi connectivity index (χ0n) is 10.00. The van der Waals surface area contributed by atoms with E-state index >= 15 is 0 Å². The van der Waals surface area contributed by atoms with Gasteiger partial charge in [0, 0.05) is 3.92 Å². The highest BCUT2D eigenvalue weighted by molar-refractivity contribution is 14.1. The summed E-state index contributed by atoms with van der Waals surface area (Å²) < 4.78 is 6.78. The van der Waals surface area contributed by atoms with Crippen molar-refractivity contribution in [2.45, 2.75) is 22.6 Å². The van der Waals surface area contributed by atoms with Crippen molar-refractivity contribution in [3.63, 3.8) is 0 Å². The van der Waals surface area contributed by atoms with E-state index in [0.717, 1.165) is 6.42 Å². The molecular weight excluding hydrogens is 335 g/mol. The fourth-order valence-electron chi connectivity index (χ4n) is 2.46. The van der Waals surface area contributed by atoms with E-state index in [-0.39, 0.29) is 12.2 Å². The lowest BCUT2D eigenvalue weighted by molar-refractivity contribution is 0.0460. The van der Waals surface area contributed by atoms with Gasteiger partial charge in [-0.05, 0) is 17.5 Å². The fraction of sp³-hybridized carbons (Fsp3) is 0.250. The van der Waals surface area contributed by atoms with Gasteiger partial charge in [-0.1, -0.05) is 83.3 Å². The third-order valence-electron chi connectivity index (χ3n) is 3.38. The Kier molecular flexibility index (Phi) is 3.66. The molecule has 0 aromatic heterocycles. The molecule has 2 aromatic carbocycles. The molecule has 1 aliphatic heterocycles. The molecule has 3 rings (SSSR count). The molecule has 1 fully saturated rings. The molecule has 2 heteroatoms. The van der Waals surface area contributed by atoms with Crippen molar-refractivity contribution in [2.75, 3.05) is 0 Å². The molecule has 0 radical (unpaired) electrons. The summed E-state index contributed by atoms with van der Waals surface area (Å²) in [6.45, 7) is 0. The van der Waals surface area contributed by atoms with E-state index in [9.17, 15) is 0 Å². The van der Waals surface area contributed by atoms with E-state index in [4.69, 9.17) is 4.74 Å². The molecule has 1 aliphatic rings. The lowest BCUT2D eigenvalue weighted by Crippen LogP contribution is -2.05. The minimum Gasteiger partial charge on any atom is -0.364 e. The minimum absolute atomic E-state index is 0.219. The highest BCUT2D eigenvalue weighted by atomic mass is 127. The Morgan fingerprint density at radius 3 is 2.00 bits per heavy atom. The predicted octanol–water partition coefficient (Wildman–Crippen LogP) is 4.69. The maximum absolute atomic E-state index is 6.24. The number of benzene rings is 2. The molecule has 3 atom stereocenters. The van der Waals surface area contributed by atoms with Gasteiger partial charge in [-0.3, -0.25) is 0 Å². The topological polar surface area (TPSA) is 9.23 Å². The predicted molar refractivity (Wildman–Crippen MR) is 81.9 cm³/mol. The molecule has 0 aliphatic carbocycles.